The lowest BCUT2D eigenvalue weighted by molar-refractivity contribution is -0.303. The number of carbonyl (C=O) groups excluding carboxylic acids is 1. The number of amides is 1. The fourth-order valence-electron chi connectivity index (χ4n) is 6.14. The number of nitrogens with one attached hydrogen (secondary N) is 1. The van der Waals surface area contributed by atoms with Gasteiger partial charge in [0.05, 0.1) is 25.4 Å². The van der Waals surface area contributed by atoms with E-state index in [-0.39, 0.29) is 18.9 Å². The van der Waals surface area contributed by atoms with Crippen LogP contribution in [0.3, 0.4) is 0 Å². The molecule has 1 fully saturated rings. The van der Waals surface area contributed by atoms with Crippen LogP contribution in [0.2, 0.25) is 0 Å². The van der Waals surface area contributed by atoms with Crippen molar-refractivity contribution in [2.45, 2.75) is 210 Å². The van der Waals surface area contributed by atoms with E-state index >= 15 is 0 Å². The molecule has 0 bridgehead atoms. The molecule has 1 heterocycles. The second-order valence-electron chi connectivity index (χ2n) is 13.5. The molecule has 10 nitrogen and oxygen atoms in total. The maximum atomic E-state index is 12.8. The maximum absolute atomic E-state index is 12.8. The summed E-state index contributed by atoms with van der Waals surface area (Å²) < 4.78 is 11.0. The van der Waals surface area contributed by atoms with Gasteiger partial charge in [-0.05, 0) is 12.8 Å². The Morgan fingerprint density at radius 2 is 1.13 bits per heavy atom. The van der Waals surface area contributed by atoms with Crippen molar-refractivity contribution in [2.75, 3.05) is 13.2 Å². The van der Waals surface area contributed by atoms with E-state index in [2.05, 4.69) is 12.2 Å². The molecular formula is C36H71NO9. The summed E-state index contributed by atoms with van der Waals surface area (Å²) in [6, 6.07) is -0.980. The van der Waals surface area contributed by atoms with Crippen molar-refractivity contribution >= 4 is 5.91 Å². The van der Waals surface area contributed by atoms with E-state index in [9.17, 15) is 35.4 Å². The highest BCUT2D eigenvalue weighted by atomic mass is 16.7. The largest absolute Gasteiger partial charge is 0.394 e. The van der Waals surface area contributed by atoms with Gasteiger partial charge in [0.1, 0.15) is 30.5 Å². The summed E-state index contributed by atoms with van der Waals surface area (Å²) in [6.07, 6.45) is 16.4. The van der Waals surface area contributed by atoms with Gasteiger partial charge in [0.15, 0.2) is 6.29 Å². The van der Waals surface area contributed by atoms with Gasteiger partial charge in [-0.3, -0.25) is 4.79 Å². The van der Waals surface area contributed by atoms with Crippen LogP contribution in [0.25, 0.3) is 0 Å². The standard InChI is InChI=1S/C36H71NO9/c1-3-5-7-8-9-10-11-12-13-14-15-16-17-18-19-20-21-23-25-31(40)37-28(32(41)29(39)24-22-6-4-2)27-45-36-35(44)34(43)33(42)30(26-38)46-36/h28-30,32-36,38-39,41-44H,3-27H2,1-2H3,(H,37,40)/t28-,29+,30+,32-,33-,34-,35+,36-/m0/s1. The number of unbranched alkanes of at least 4 members (excludes halogenated alkanes) is 19. The maximum Gasteiger partial charge on any atom is 0.220 e. The number of rotatable bonds is 30. The number of ether oxygens (including phenoxy) is 2. The first kappa shape index (κ1) is 43.2. The minimum absolute atomic E-state index is 0.265. The van der Waals surface area contributed by atoms with E-state index in [4.69, 9.17) is 9.47 Å². The van der Waals surface area contributed by atoms with Crippen LogP contribution in [0.1, 0.15) is 162 Å². The van der Waals surface area contributed by atoms with Crippen LogP contribution in [0.4, 0.5) is 0 Å². The fraction of sp³-hybridized carbons (Fsp3) is 0.972. The molecule has 1 aliphatic heterocycles. The number of hydrogen-bond acceptors (Lipinski definition) is 9. The Balaban J connectivity index is 2.29. The summed E-state index contributed by atoms with van der Waals surface area (Å²) in [6.45, 7) is 3.41. The van der Waals surface area contributed by atoms with Crippen LogP contribution < -0.4 is 5.32 Å². The molecular weight excluding hydrogens is 590 g/mol. The van der Waals surface area contributed by atoms with Crippen LogP contribution in [0, 0.1) is 0 Å². The average molecular weight is 662 g/mol. The third kappa shape index (κ3) is 19.2. The molecule has 0 aromatic rings. The summed E-state index contributed by atoms with van der Waals surface area (Å²) in [5, 5.41) is 64.0. The molecule has 46 heavy (non-hydrogen) atoms. The third-order valence-corrected chi connectivity index (χ3v) is 9.30. The van der Waals surface area contributed by atoms with E-state index in [1.165, 1.54) is 89.9 Å². The zero-order valence-corrected chi connectivity index (χ0v) is 29.2. The Hall–Kier alpha value is -0.850. The fourth-order valence-corrected chi connectivity index (χ4v) is 6.14. The average Bonchev–Trinajstić information content (AvgIpc) is 3.05. The predicted molar refractivity (Wildman–Crippen MR) is 181 cm³/mol. The van der Waals surface area contributed by atoms with Gasteiger partial charge in [-0.15, -0.1) is 0 Å². The smallest absolute Gasteiger partial charge is 0.220 e. The lowest BCUT2D eigenvalue weighted by Gasteiger charge is -2.40. The van der Waals surface area contributed by atoms with Gasteiger partial charge >= 0.3 is 0 Å². The van der Waals surface area contributed by atoms with Crippen LogP contribution in [0.5, 0.6) is 0 Å². The molecule has 0 saturated carbocycles. The van der Waals surface area contributed by atoms with Crippen molar-refractivity contribution in [3.05, 3.63) is 0 Å². The first-order chi connectivity index (χ1) is 22.3. The Bertz CT molecular complexity index is 713. The minimum atomic E-state index is -1.60. The minimum Gasteiger partial charge on any atom is -0.394 e. The van der Waals surface area contributed by atoms with Crippen molar-refractivity contribution in [2.24, 2.45) is 0 Å². The van der Waals surface area contributed by atoms with Crippen LogP contribution >= 0.6 is 0 Å². The van der Waals surface area contributed by atoms with Crippen molar-refractivity contribution < 1.29 is 44.9 Å². The third-order valence-electron chi connectivity index (χ3n) is 9.30. The number of aliphatic hydroxyl groups excluding tert-OH is 6. The summed E-state index contributed by atoms with van der Waals surface area (Å²) in [5.41, 5.74) is 0. The molecule has 7 N–H and O–H groups in total. The van der Waals surface area contributed by atoms with Gasteiger partial charge in [0.2, 0.25) is 5.91 Å². The van der Waals surface area contributed by atoms with Crippen molar-refractivity contribution in [1.29, 1.82) is 0 Å². The second kappa shape index (κ2) is 28.0. The quantitative estimate of drug-likeness (QED) is 0.0523. The van der Waals surface area contributed by atoms with Gasteiger partial charge in [-0.25, -0.2) is 0 Å². The Morgan fingerprint density at radius 3 is 1.61 bits per heavy atom. The van der Waals surface area contributed by atoms with Gasteiger partial charge in [0, 0.05) is 6.42 Å². The molecule has 0 aromatic carbocycles. The van der Waals surface area contributed by atoms with Crippen molar-refractivity contribution in [3.63, 3.8) is 0 Å². The van der Waals surface area contributed by atoms with Crippen molar-refractivity contribution in [3.8, 4) is 0 Å². The monoisotopic (exact) mass is 662 g/mol. The topological polar surface area (TPSA) is 169 Å². The Kier molecular flexibility index (Phi) is 26.3. The molecule has 1 saturated heterocycles. The van der Waals surface area contributed by atoms with Crippen LogP contribution in [0.15, 0.2) is 0 Å². The number of aliphatic hydroxyl groups is 6. The first-order valence-electron chi connectivity index (χ1n) is 18.8. The predicted octanol–water partition coefficient (Wildman–Crippen LogP) is 5.02. The molecule has 1 amide bonds. The molecule has 1 aliphatic rings. The molecule has 274 valence electrons. The van der Waals surface area contributed by atoms with E-state index < -0.39 is 55.6 Å². The van der Waals surface area contributed by atoms with Gasteiger partial charge in [-0.2, -0.15) is 0 Å². The Labute approximate surface area is 279 Å². The van der Waals surface area contributed by atoms with E-state index in [1.54, 1.807) is 0 Å². The van der Waals surface area contributed by atoms with Gasteiger partial charge in [0.25, 0.3) is 0 Å². The van der Waals surface area contributed by atoms with Crippen molar-refractivity contribution in [1.82, 2.24) is 5.32 Å². The molecule has 10 heteroatoms. The Morgan fingerprint density at radius 1 is 0.674 bits per heavy atom. The summed E-state index contributed by atoms with van der Waals surface area (Å²) in [5.74, 6) is -0.265. The molecule has 0 aliphatic carbocycles. The summed E-state index contributed by atoms with van der Waals surface area (Å²) in [7, 11) is 0. The van der Waals surface area contributed by atoms with E-state index in [0.717, 1.165) is 44.9 Å². The summed E-state index contributed by atoms with van der Waals surface area (Å²) in [4.78, 5) is 12.8. The normalized spacial score (nSPS) is 23.7. The molecule has 1 rings (SSSR count). The van der Waals surface area contributed by atoms with Gasteiger partial charge < -0.3 is 45.4 Å². The number of hydrogen-bond donors (Lipinski definition) is 7. The molecule has 8 atom stereocenters. The highest BCUT2D eigenvalue weighted by molar-refractivity contribution is 5.76. The lowest BCUT2D eigenvalue weighted by atomic mass is 9.99. The van der Waals surface area contributed by atoms with Crippen LogP contribution in [-0.2, 0) is 14.3 Å². The van der Waals surface area contributed by atoms with E-state index in [0.29, 0.717) is 6.42 Å². The van der Waals surface area contributed by atoms with E-state index in [1.807, 2.05) is 6.92 Å². The van der Waals surface area contributed by atoms with Crippen LogP contribution in [-0.4, -0.2) is 98.7 Å². The number of carbonyl (C=O) groups is 1. The van der Waals surface area contributed by atoms with Gasteiger partial charge in [-0.1, -0.05) is 142 Å². The zero-order chi connectivity index (χ0) is 34.0. The molecule has 0 aromatic heterocycles. The molecule has 0 unspecified atom stereocenters. The summed E-state index contributed by atoms with van der Waals surface area (Å²) >= 11 is 0. The highest BCUT2D eigenvalue weighted by Crippen LogP contribution is 2.23. The molecule has 0 radical (unpaired) electrons. The second-order valence-corrected chi connectivity index (χ2v) is 13.5. The zero-order valence-electron chi connectivity index (χ0n) is 29.2. The highest BCUT2D eigenvalue weighted by Gasteiger charge is 2.44. The molecule has 0 spiro atoms. The first-order valence-corrected chi connectivity index (χ1v) is 18.8. The SMILES string of the molecule is CCCCCCCCCCCCCCCCCCCCC(=O)N[C@@H](CO[C@H]1O[C@H](CO)[C@H](O)[C@H](O)[C@H]1O)[C@H](O)[C@H](O)CCCCC. The lowest BCUT2D eigenvalue weighted by Crippen LogP contribution is -2.60.